The topological polar surface area (TPSA) is 45.2 Å². The Morgan fingerprint density at radius 2 is 2.14 bits per heavy atom. The molecule has 2 heterocycles. The summed E-state index contributed by atoms with van der Waals surface area (Å²) in [5, 5.41) is 3.93. The summed E-state index contributed by atoms with van der Waals surface area (Å²) >= 11 is 1.35. The van der Waals surface area contributed by atoms with Gasteiger partial charge in [-0.05, 0) is 30.4 Å². The lowest BCUT2D eigenvalue weighted by Crippen LogP contribution is -2.29. The van der Waals surface area contributed by atoms with Crippen LogP contribution in [-0.4, -0.2) is 35.3 Å². The van der Waals surface area contributed by atoms with E-state index in [0.29, 0.717) is 5.92 Å². The summed E-state index contributed by atoms with van der Waals surface area (Å²) in [6.07, 6.45) is 1.03. The lowest BCUT2D eigenvalue weighted by molar-refractivity contribution is 0.0791. The largest absolute Gasteiger partial charge is 0.378 e. The molecule has 0 aliphatic carbocycles. The second-order valence-corrected chi connectivity index (χ2v) is 6.14. The van der Waals surface area contributed by atoms with Gasteiger partial charge in [0, 0.05) is 26.1 Å². The zero-order chi connectivity index (χ0) is 14.8. The van der Waals surface area contributed by atoms with Crippen molar-refractivity contribution in [2.45, 2.75) is 19.3 Å². The monoisotopic (exact) mass is 301 g/mol. The number of hydrogen-bond acceptors (Lipinski definition) is 4. The van der Waals surface area contributed by atoms with Gasteiger partial charge in [-0.15, -0.1) is 0 Å². The molecule has 21 heavy (non-hydrogen) atoms. The number of amides is 1. The average Bonchev–Trinajstić information content (AvgIpc) is 3.14. The third kappa shape index (κ3) is 2.65. The molecule has 0 saturated carbocycles. The Morgan fingerprint density at radius 3 is 2.86 bits per heavy atom. The molecule has 5 heteroatoms. The van der Waals surface area contributed by atoms with Gasteiger partial charge in [0.2, 0.25) is 0 Å². The van der Waals surface area contributed by atoms with Gasteiger partial charge in [0.25, 0.3) is 5.91 Å². The number of nitrogens with one attached hydrogen (secondary N) is 1. The number of carbonyl (C=O) groups excluding carboxylic acids is 1. The molecule has 3 rings (SSSR count). The first kappa shape index (κ1) is 14.1. The molecule has 110 valence electrons. The highest BCUT2D eigenvalue weighted by Crippen LogP contribution is 2.31. The first-order valence-corrected chi connectivity index (χ1v) is 7.96. The average molecular weight is 301 g/mol. The van der Waals surface area contributed by atoms with Crippen LogP contribution in [0.4, 0.5) is 5.00 Å². The SMILES string of the molecule is CNc1snc(C)c1C(=O)N1CCC(c2ccccc2)C1. The molecular formula is C16H19N3OS. The Bertz CT molecular complexity index is 638. The number of aryl methyl sites for hydroxylation is 1. The van der Waals surface area contributed by atoms with Crippen LogP contribution in [0, 0.1) is 6.92 Å². The molecule has 1 aromatic heterocycles. The van der Waals surface area contributed by atoms with Crippen LogP contribution in [0.15, 0.2) is 30.3 Å². The Balaban J connectivity index is 1.77. The number of carbonyl (C=O) groups is 1. The number of rotatable bonds is 3. The van der Waals surface area contributed by atoms with Gasteiger partial charge in [-0.3, -0.25) is 4.79 Å². The maximum atomic E-state index is 12.7. The van der Waals surface area contributed by atoms with Crippen LogP contribution in [0.1, 0.15) is 34.0 Å². The Labute approximate surface area is 129 Å². The summed E-state index contributed by atoms with van der Waals surface area (Å²) in [6, 6.07) is 10.4. The molecule has 1 unspecified atom stereocenters. The quantitative estimate of drug-likeness (QED) is 0.947. The van der Waals surface area contributed by atoms with Crippen molar-refractivity contribution in [2.24, 2.45) is 0 Å². The van der Waals surface area contributed by atoms with E-state index in [4.69, 9.17) is 0 Å². The third-order valence-electron chi connectivity index (χ3n) is 4.05. The second-order valence-electron chi connectivity index (χ2n) is 5.37. The van der Waals surface area contributed by atoms with Gasteiger partial charge in [0.1, 0.15) is 5.00 Å². The van der Waals surface area contributed by atoms with Gasteiger partial charge in [0.05, 0.1) is 11.3 Å². The zero-order valence-corrected chi connectivity index (χ0v) is 13.1. The number of benzene rings is 1. The number of likely N-dealkylation sites (tertiary alicyclic amines) is 1. The molecule has 1 fully saturated rings. The molecular weight excluding hydrogens is 282 g/mol. The predicted molar refractivity (Wildman–Crippen MR) is 86.1 cm³/mol. The molecule has 0 bridgehead atoms. The third-order valence-corrected chi connectivity index (χ3v) is 5.01. The first-order valence-electron chi connectivity index (χ1n) is 7.19. The van der Waals surface area contributed by atoms with E-state index in [1.807, 2.05) is 24.9 Å². The normalized spacial score (nSPS) is 18.0. The highest BCUT2D eigenvalue weighted by atomic mass is 32.1. The van der Waals surface area contributed by atoms with Crippen LogP contribution in [-0.2, 0) is 0 Å². The zero-order valence-electron chi connectivity index (χ0n) is 12.3. The van der Waals surface area contributed by atoms with Gasteiger partial charge < -0.3 is 10.2 Å². The summed E-state index contributed by atoms with van der Waals surface area (Å²) in [4.78, 5) is 14.7. The van der Waals surface area contributed by atoms with Crippen molar-refractivity contribution in [1.29, 1.82) is 0 Å². The van der Waals surface area contributed by atoms with E-state index in [0.717, 1.165) is 35.8 Å². The summed E-state index contributed by atoms with van der Waals surface area (Å²) in [5.41, 5.74) is 2.87. The molecule has 1 amide bonds. The molecule has 0 spiro atoms. The summed E-state index contributed by atoms with van der Waals surface area (Å²) in [6.45, 7) is 3.51. The van der Waals surface area contributed by atoms with Crippen molar-refractivity contribution in [3.63, 3.8) is 0 Å². The fraction of sp³-hybridized carbons (Fsp3) is 0.375. The van der Waals surface area contributed by atoms with Crippen molar-refractivity contribution >= 4 is 22.4 Å². The molecule has 1 aliphatic heterocycles. The number of nitrogens with zero attached hydrogens (tertiary/aromatic N) is 2. The van der Waals surface area contributed by atoms with Crippen LogP contribution in [0.25, 0.3) is 0 Å². The minimum Gasteiger partial charge on any atom is -0.378 e. The van der Waals surface area contributed by atoms with Crippen LogP contribution in [0.3, 0.4) is 0 Å². The van der Waals surface area contributed by atoms with Crippen molar-refractivity contribution in [2.75, 3.05) is 25.5 Å². The van der Waals surface area contributed by atoms with E-state index in [9.17, 15) is 4.79 Å². The summed E-state index contributed by atoms with van der Waals surface area (Å²) in [5.74, 6) is 0.545. The van der Waals surface area contributed by atoms with E-state index < -0.39 is 0 Å². The van der Waals surface area contributed by atoms with Crippen LogP contribution in [0.2, 0.25) is 0 Å². The van der Waals surface area contributed by atoms with Crippen molar-refractivity contribution in [1.82, 2.24) is 9.27 Å². The van der Waals surface area contributed by atoms with E-state index in [1.165, 1.54) is 17.1 Å². The predicted octanol–water partition coefficient (Wildman–Crippen LogP) is 3.12. The molecule has 2 aromatic rings. The fourth-order valence-corrected chi connectivity index (χ4v) is 3.63. The maximum Gasteiger partial charge on any atom is 0.258 e. The highest BCUT2D eigenvalue weighted by Gasteiger charge is 2.30. The molecule has 1 N–H and O–H groups in total. The summed E-state index contributed by atoms with van der Waals surface area (Å²) < 4.78 is 4.29. The van der Waals surface area contributed by atoms with Crippen molar-refractivity contribution < 1.29 is 4.79 Å². The molecule has 1 atom stereocenters. The second kappa shape index (κ2) is 5.85. The lowest BCUT2D eigenvalue weighted by atomic mass is 9.99. The molecule has 0 radical (unpaired) electrons. The van der Waals surface area contributed by atoms with Crippen molar-refractivity contribution in [3.05, 3.63) is 47.2 Å². The minimum absolute atomic E-state index is 0.101. The number of anilines is 1. The first-order chi connectivity index (χ1) is 10.2. The summed E-state index contributed by atoms with van der Waals surface area (Å²) in [7, 11) is 1.83. The van der Waals surface area contributed by atoms with Gasteiger partial charge in [-0.25, -0.2) is 0 Å². The standard InChI is InChI=1S/C16H19N3OS/c1-11-14(15(17-2)21-18-11)16(20)19-9-8-13(10-19)12-6-4-3-5-7-12/h3-7,13,17H,8-10H2,1-2H3. The molecule has 1 aromatic carbocycles. The van der Waals surface area contributed by atoms with Crippen LogP contribution < -0.4 is 5.32 Å². The molecule has 1 saturated heterocycles. The maximum absolute atomic E-state index is 12.7. The van der Waals surface area contributed by atoms with Gasteiger partial charge in [-0.2, -0.15) is 4.37 Å². The van der Waals surface area contributed by atoms with Crippen LogP contribution in [0.5, 0.6) is 0 Å². The van der Waals surface area contributed by atoms with E-state index in [1.54, 1.807) is 0 Å². The fourth-order valence-electron chi connectivity index (χ4n) is 2.89. The van der Waals surface area contributed by atoms with E-state index >= 15 is 0 Å². The minimum atomic E-state index is 0.101. The van der Waals surface area contributed by atoms with Crippen molar-refractivity contribution in [3.8, 4) is 0 Å². The van der Waals surface area contributed by atoms with E-state index in [-0.39, 0.29) is 5.91 Å². The van der Waals surface area contributed by atoms with E-state index in [2.05, 4.69) is 34.0 Å². The Kier molecular flexibility index (Phi) is 3.92. The molecule has 4 nitrogen and oxygen atoms in total. The Morgan fingerprint density at radius 1 is 1.38 bits per heavy atom. The number of hydrogen-bond donors (Lipinski definition) is 1. The van der Waals surface area contributed by atoms with Gasteiger partial charge >= 0.3 is 0 Å². The highest BCUT2D eigenvalue weighted by molar-refractivity contribution is 7.10. The van der Waals surface area contributed by atoms with Gasteiger partial charge in [0.15, 0.2) is 0 Å². The lowest BCUT2D eigenvalue weighted by Gasteiger charge is -2.17. The molecule has 1 aliphatic rings. The number of aromatic nitrogens is 1. The Hall–Kier alpha value is -1.88. The smallest absolute Gasteiger partial charge is 0.258 e. The van der Waals surface area contributed by atoms with Gasteiger partial charge in [-0.1, -0.05) is 30.3 Å². The van der Waals surface area contributed by atoms with Crippen LogP contribution >= 0.6 is 11.5 Å².